The topological polar surface area (TPSA) is 81.5 Å². The van der Waals surface area contributed by atoms with Gasteiger partial charge in [0.2, 0.25) is 0 Å². The monoisotopic (exact) mass is 177 g/mol. The molecular weight excluding hydrogens is 170 g/mol. The second-order valence-corrected chi connectivity index (χ2v) is 2.86. The zero-order valence-electron chi connectivity index (χ0n) is 6.68. The van der Waals surface area contributed by atoms with Gasteiger partial charge in [-0.05, 0) is 6.07 Å². The predicted molar refractivity (Wildman–Crippen MR) is 45.6 cm³/mol. The summed E-state index contributed by atoms with van der Waals surface area (Å²) in [6.07, 6.45) is 1.35. The third kappa shape index (κ3) is 1.09. The summed E-state index contributed by atoms with van der Waals surface area (Å²) in [6, 6.07) is 7.00. The van der Waals surface area contributed by atoms with Crippen LogP contribution in [-0.2, 0) is 0 Å². The summed E-state index contributed by atoms with van der Waals surface area (Å²) in [4.78, 5) is 13.7. The summed E-state index contributed by atoms with van der Waals surface area (Å²) in [5.41, 5.74) is 5.43. The first-order valence-electron chi connectivity index (χ1n) is 3.73. The first kappa shape index (κ1) is 7.88. The Labute approximate surface area is 73.4 Å². The molecular formula is C8H7N3O2. The minimum Gasteiger partial charge on any atom is -0.261 e. The van der Waals surface area contributed by atoms with Crippen LogP contribution in [0.15, 0.2) is 29.3 Å². The van der Waals surface area contributed by atoms with Crippen molar-refractivity contribution in [1.82, 2.24) is 0 Å². The van der Waals surface area contributed by atoms with Crippen LogP contribution in [-0.4, -0.2) is 10.7 Å². The van der Waals surface area contributed by atoms with Crippen LogP contribution >= 0.6 is 0 Å². The molecule has 1 atom stereocenters. The number of fused-ring (bicyclic) bond motifs is 1. The Balaban J connectivity index is 2.70. The second-order valence-electron chi connectivity index (χ2n) is 2.86. The van der Waals surface area contributed by atoms with Gasteiger partial charge in [0.05, 0.1) is 10.3 Å². The lowest BCUT2D eigenvalue weighted by Gasteiger charge is -2.06. The van der Waals surface area contributed by atoms with Crippen molar-refractivity contribution in [1.29, 1.82) is 0 Å². The lowest BCUT2D eigenvalue weighted by Crippen LogP contribution is -2.42. The summed E-state index contributed by atoms with van der Waals surface area (Å²) in [5.74, 6) is -1.77. The zero-order valence-corrected chi connectivity index (χ0v) is 6.68. The van der Waals surface area contributed by atoms with Gasteiger partial charge in [-0.1, -0.05) is 18.2 Å². The van der Waals surface area contributed by atoms with Gasteiger partial charge in [0.15, 0.2) is 0 Å². The molecule has 0 aliphatic carbocycles. The van der Waals surface area contributed by atoms with E-state index in [1.807, 2.05) is 0 Å². The van der Waals surface area contributed by atoms with Crippen LogP contribution in [0.4, 0.5) is 0 Å². The summed E-state index contributed by atoms with van der Waals surface area (Å²) in [5, 5.41) is 11.8. The van der Waals surface area contributed by atoms with E-state index in [1.54, 1.807) is 24.3 Å². The van der Waals surface area contributed by atoms with Crippen LogP contribution in [0.2, 0.25) is 0 Å². The maximum Gasteiger partial charge on any atom is 0.391 e. The van der Waals surface area contributed by atoms with Crippen LogP contribution in [0.25, 0.3) is 6.08 Å². The molecule has 1 aliphatic rings. The Bertz CT molecular complexity index is 445. The molecule has 0 aromatic heterocycles. The van der Waals surface area contributed by atoms with Crippen LogP contribution in [0.1, 0.15) is 0 Å². The van der Waals surface area contributed by atoms with E-state index < -0.39 is 10.7 Å². The van der Waals surface area contributed by atoms with Gasteiger partial charge in [-0.3, -0.25) is 10.1 Å². The molecule has 1 aromatic carbocycles. The lowest BCUT2D eigenvalue weighted by atomic mass is 10.3. The summed E-state index contributed by atoms with van der Waals surface area (Å²) >= 11 is 0. The number of hydrogen-bond acceptors (Lipinski definition) is 4. The molecule has 1 aliphatic heterocycles. The second kappa shape index (κ2) is 2.37. The number of nitrogens with zero attached hydrogens (tertiary/aromatic N) is 2. The molecule has 0 radical (unpaired) electrons. The minimum absolute atomic E-state index is 0.571. The number of nitrogens with two attached hydrogens (primary N) is 1. The molecule has 1 heterocycles. The highest BCUT2D eigenvalue weighted by Gasteiger charge is 2.36. The number of para-hydroxylation sites is 1. The maximum atomic E-state index is 10.5. The standard InChI is InChI=1S/C8H7N3O2/c9-8(11(12)13)5-6-3-1-2-4-7(6)10-8/h1-5H,9H2. The van der Waals surface area contributed by atoms with Crippen molar-refractivity contribution in [3.8, 4) is 0 Å². The average Bonchev–Trinajstić information content (AvgIpc) is 2.42. The molecule has 0 saturated heterocycles. The van der Waals surface area contributed by atoms with E-state index in [-0.39, 0.29) is 0 Å². The molecule has 2 N–H and O–H groups in total. The quantitative estimate of drug-likeness (QED) is 0.339. The van der Waals surface area contributed by atoms with Gasteiger partial charge in [0.25, 0.3) is 0 Å². The van der Waals surface area contributed by atoms with E-state index in [0.29, 0.717) is 10.6 Å². The van der Waals surface area contributed by atoms with Crippen molar-refractivity contribution in [2.75, 3.05) is 0 Å². The lowest BCUT2D eigenvalue weighted by molar-refractivity contribution is -0.546. The van der Waals surface area contributed by atoms with Gasteiger partial charge in [-0.15, -0.1) is 0 Å². The smallest absolute Gasteiger partial charge is 0.261 e. The highest BCUT2D eigenvalue weighted by atomic mass is 16.6. The SMILES string of the molecule is NC1([N+](=O)[O-])C=c2ccccc2=N1. The van der Waals surface area contributed by atoms with Crippen LogP contribution in [0.5, 0.6) is 0 Å². The summed E-state index contributed by atoms with van der Waals surface area (Å²) in [6.45, 7) is 0. The van der Waals surface area contributed by atoms with Crippen molar-refractivity contribution in [2.24, 2.45) is 10.7 Å². The molecule has 2 rings (SSSR count). The van der Waals surface area contributed by atoms with E-state index in [4.69, 9.17) is 5.73 Å². The first-order valence-corrected chi connectivity index (χ1v) is 3.73. The van der Waals surface area contributed by atoms with Gasteiger partial charge in [0, 0.05) is 11.3 Å². The molecule has 5 nitrogen and oxygen atoms in total. The molecule has 66 valence electrons. The maximum absolute atomic E-state index is 10.5. The molecule has 1 aromatic rings. The Hall–Kier alpha value is -1.75. The van der Waals surface area contributed by atoms with Gasteiger partial charge in [-0.2, -0.15) is 4.99 Å². The molecule has 5 heteroatoms. The van der Waals surface area contributed by atoms with E-state index in [0.717, 1.165) is 0 Å². The number of hydrogen-bond donors (Lipinski definition) is 1. The number of nitro groups is 1. The Kier molecular flexibility index (Phi) is 1.43. The van der Waals surface area contributed by atoms with Crippen LogP contribution in [0.3, 0.4) is 0 Å². The molecule has 0 amide bonds. The molecule has 0 fully saturated rings. The van der Waals surface area contributed by atoms with Crippen molar-refractivity contribution >= 4 is 6.08 Å². The Morgan fingerprint density at radius 2 is 2.15 bits per heavy atom. The summed E-state index contributed by atoms with van der Waals surface area (Å²) < 4.78 is 0. The van der Waals surface area contributed by atoms with Gasteiger partial charge >= 0.3 is 5.79 Å². The molecule has 1 unspecified atom stereocenters. The van der Waals surface area contributed by atoms with Crippen LogP contribution < -0.4 is 16.3 Å². The van der Waals surface area contributed by atoms with Gasteiger partial charge in [-0.25, -0.2) is 5.73 Å². The summed E-state index contributed by atoms with van der Waals surface area (Å²) in [7, 11) is 0. The van der Waals surface area contributed by atoms with Crippen LogP contribution in [0, 0.1) is 10.1 Å². The third-order valence-electron chi connectivity index (χ3n) is 1.90. The normalized spacial score (nSPS) is 24.4. The third-order valence-corrected chi connectivity index (χ3v) is 1.90. The zero-order chi connectivity index (χ0) is 9.47. The first-order chi connectivity index (χ1) is 6.12. The number of benzene rings is 1. The molecule has 0 bridgehead atoms. The van der Waals surface area contributed by atoms with E-state index in [9.17, 15) is 10.1 Å². The fraction of sp³-hybridized carbons (Fsp3) is 0.125. The average molecular weight is 177 g/mol. The largest absolute Gasteiger partial charge is 0.391 e. The Morgan fingerprint density at radius 1 is 1.46 bits per heavy atom. The van der Waals surface area contributed by atoms with Crippen molar-refractivity contribution in [3.63, 3.8) is 0 Å². The van der Waals surface area contributed by atoms with E-state index >= 15 is 0 Å². The van der Waals surface area contributed by atoms with Crippen molar-refractivity contribution in [2.45, 2.75) is 5.79 Å². The molecule has 0 spiro atoms. The van der Waals surface area contributed by atoms with Gasteiger partial charge in [0.1, 0.15) is 0 Å². The highest BCUT2D eigenvalue weighted by Crippen LogP contribution is 2.06. The van der Waals surface area contributed by atoms with Crippen molar-refractivity contribution in [3.05, 3.63) is 45.0 Å². The Morgan fingerprint density at radius 3 is 2.77 bits per heavy atom. The van der Waals surface area contributed by atoms with Crippen molar-refractivity contribution < 1.29 is 4.92 Å². The minimum atomic E-state index is -1.77. The predicted octanol–water partition coefficient (Wildman–Crippen LogP) is -1.01. The molecule has 13 heavy (non-hydrogen) atoms. The van der Waals surface area contributed by atoms with E-state index in [1.165, 1.54) is 6.08 Å². The van der Waals surface area contributed by atoms with Gasteiger partial charge < -0.3 is 0 Å². The number of rotatable bonds is 1. The van der Waals surface area contributed by atoms with E-state index in [2.05, 4.69) is 4.99 Å². The fourth-order valence-corrected chi connectivity index (χ4v) is 1.26. The fourth-order valence-electron chi connectivity index (χ4n) is 1.26. The molecule has 0 saturated carbocycles. The highest BCUT2D eigenvalue weighted by molar-refractivity contribution is 5.36.